The van der Waals surface area contributed by atoms with Gasteiger partial charge in [-0.1, -0.05) is 95.6 Å². The van der Waals surface area contributed by atoms with Crippen molar-refractivity contribution in [2.24, 2.45) is 10.8 Å². The van der Waals surface area contributed by atoms with Crippen LogP contribution in [-0.4, -0.2) is 12.8 Å². The van der Waals surface area contributed by atoms with Gasteiger partial charge >= 0.3 is 12.4 Å². The highest BCUT2D eigenvalue weighted by Crippen LogP contribution is 2.47. The lowest BCUT2D eigenvalue weighted by molar-refractivity contribution is -0.171. The fraction of sp³-hybridized carbons (Fsp3) is 0.455. The number of alkyl halides is 6. The van der Waals surface area contributed by atoms with E-state index in [0.717, 1.165) is 29.2 Å². The molecule has 0 amide bonds. The zero-order valence-electron chi connectivity index (χ0n) is 24.1. The fourth-order valence-corrected chi connectivity index (χ4v) is 5.16. The molecule has 1 aliphatic rings. The number of hydrogen-bond donors (Lipinski definition) is 0. The summed E-state index contributed by atoms with van der Waals surface area (Å²) in [4.78, 5) is 0. The van der Waals surface area contributed by atoms with Crippen molar-refractivity contribution in [3.05, 3.63) is 89.0 Å². The zero-order valence-corrected chi connectivity index (χ0v) is 24.1. The molecule has 0 bridgehead atoms. The molecule has 0 fully saturated rings. The quantitative estimate of drug-likeness (QED) is 0.288. The summed E-state index contributed by atoms with van der Waals surface area (Å²) < 4.78 is 83.6. The summed E-state index contributed by atoms with van der Waals surface area (Å²) in [5.74, 6) is -0.813. The molecular formula is C33H38F6O. The Morgan fingerprint density at radius 1 is 0.750 bits per heavy atom. The Labute approximate surface area is 233 Å². The highest BCUT2D eigenvalue weighted by atomic mass is 19.4. The smallest absolute Gasteiger partial charge is 0.416 e. The molecule has 0 aliphatic carbocycles. The van der Waals surface area contributed by atoms with Gasteiger partial charge in [0.2, 0.25) is 0 Å². The van der Waals surface area contributed by atoms with Crippen LogP contribution >= 0.6 is 0 Å². The predicted octanol–water partition coefficient (Wildman–Crippen LogP) is 11.0. The van der Waals surface area contributed by atoms with E-state index in [1.165, 1.54) is 12.1 Å². The summed E-state index contributed by atoms with van der Waals surface area (Å²) in [5.41, 5.74) is 2.72. The largest absolute Gasteiger partial charge is 0.493 e. The first kappa shape index (κ1) is 31.6. The second kappa shape index (κ2) is 11.5. The number of hydrogen-bond acceptors (Lipinski definition) is 1. The number of rotatable bonds is 3. The first-order valence-corrected chi connectivity index (χ1v) is 13.3. The van der Waals surface area contributed by atoms with Crippen LogP contribution in [0.2, 0.25) is 0 Å². The molecule has 4 rings (SSSR count). The Bertz CT molecular complexity index is 1240. The van der Waals surface area contributed by atoms with E-state index in [1.54, 1.807) is 45.0 Å². The number of aryl methyl sites for hydroxylation is 1. The highest BCUT2D eigenvalue weighted by molar-refractivity contribution is 5.64. The molecule has 218 valence electrons. The molecule has 0 saturated carbocycles. The summed E-state index contributed by atoms with van der Waals surface area (Å²) >= 11 is 0. The molecule has 1 heterocycles. The van der Waals surface area contributed by atoms with E-state index in [0.29, 0.717) is 23.5 Å². The van der Waals surface area contributed by atoms with Gasteiger partial charge in [0.15, 0.2) is 0 Å². The normalized spacial score (nSPS) is 16.5. The standard InChI is InChI=1S/C19H21F3.C14H17F3O/c1-13-5-7-14(8-6-13)15-9-11-16(12-10-15)17(18(2,3)4)19(20,21)22;1-13(2,3)7-9-8-18-12-5-4-10(6-11(9)12)14(15,16)17/h5-12,17H,1-4H3;4-6,9H,7-8H2,1-3H3. The molecule has 3 aromatic carbocycles. The fourth-order valence-electron chi connectivity index (χ4n) is 5.16. The van der Waals surface area contributed by atoms with E-state index in [2.05, 4.69) is 20.8 Å². The van der Waals surface area contributed by atoms with Crippen molar-refractivity contribution in [1.82, 2.24) is 0 Å². The first-order chi connectivity index (χ1) is 18.3. The maximum atomic E-state index is 13.4. The Morgan fingerprint density at radius 3 is 1.73 bits per heavy atom. The number of fused-ring (bicyclic) bond motifs is 1. The van der Waals surface area contributed by atoms with Gasteiger partial charge in [-0.25, -0.2) is 0 Å². The molecule has 0 aromatic heterocycles. The van der Waals surface area contributed by atoms with Crippen LogP contribution in [0.15, 0.2) is 66.7 Å². The summed E-state index contributed by atoms with van der Waals surface area (Å²) in [6, 6.07) is 18.4. The molecule has 1 nitrogen and oxygen atoms in total. The summed E-state index contributed by atoms with van der Waals surface area (Å²) in [5, 5.41) is 0. The van der Waals surface area contributed by atoms with Crippen molar-refractivity contribution in [2.75, 3.05) is 6.61 Å². The highest BCUT2D eigenvalue weighted by Gasteiger charge is 2.47. The molecular weight excluding hydrogens is 526 g/mol. The van der Waals surface area contributed by atoms with Crippen LogP contribution in [0.1, 0.15) is 82.1 Å². The lowest BCUT2D eigenvalue weighted by Crippen LogP contribution is -2.32. The molecule has 3 aromatic rings. The van der Waals surface area contributed by atoms with Crippen LogP contribution in [0.4, 0.5) is 26.3 Å². The molecule has 7 heteroatoms. The second-order valence-corrected chi connectivity index (χ2v) is 12.9. The summed E-state index contributed by atoms with van der Waals surface area (Å²) in [6.45, 7) is 13.6. The van der Waals surface area contributed by atoms with Crippen molar-refractivity contribution >= 4 is 0 Å². The maximum absolute atomic E-state index is 13.4. The van der Waals surface area contributed by atoms with Gasteiger partial charge in [0.1, 0.15) is 5.75 Å². The van der Waals surface area contributed by atoms with Gasteiger partial charge in [-0.3, -0.25) is 0 Å². The van der Waals surface area contributed by atoms with Crippen molar-refractivity contribution in [2.45, 2.75) is 79.1 Å². The maximum Gasteiger partial charge on any atom is 0.416 e. The molecule has 0 radical (unpaired) electrons. The molecule has 2 unspecified atom stereocenters. The predicted molar refractivity (Wildman–Crippen MR) is 149 cm³/mol. The van der Waals surface area contributed by atoms with Crippen molar-refractivity contribution in [3.63, 3.8) is 0 Å². The summed E-state index contributed by atoms with van der Waals surface area (Å²) in [7, 11) is 0. The Balaban J connectivity index is 0.000000225. The molecule has 0 N–H and O–H groups in total. The number of benzene rings is 3. The molecule has 40 heavy (non-hydrogen) atoms. The van der Waals surface area contributed by atoms with Gasteiger partial charge in [0, 0.05) is 11.5 Å². The van der Waals surface area contributed by atoms with E-state index < -0.39 is 29.2 Å². The van der Waals surface area contributed by atoms with Crippen LogP contribution in [0, 0.1) is 17.8 Å². The van der Waals surface area contributed by atoms with Crippen molar-refractivity contribution < 1.29 is 31.1 Å². The first-order valence-electron chi connectivity index (χ1n) is 13.3. The van der Waals surface area contributed by atoms with Gasteiger partial charge in [0.05, 0.1) is 18.1 Å². The molecule has 0 spiro atoms. The average molecular weight is 565 g/mol. The molecule has 2 atom stereocenters. The zero-order chi connectivity index (χ0) is 30.1. The van der Waals surface area contributed by atoms with Crippen LogP contribution in [0.25, 0.3) is 11.1 Å². The average Bonchev–Trinajstić information content (AvgIpc) is 3.19. The van der Waals surface area contributed by atoms with Gasteiger partial charge < -0.3 is 4.74 Å². The second-order valence-electron chi connectivity index (χ2n) is 12.9. The van der Waals surface area contributed by atoms with Gasteiger partial charge in [-0.15, -0.1) is 0 Å². The van der Waals surface area contributed by atoms with Gasteiger partial charge in [-0.2, -0.15) is 26.3 Å². The Hall–Kier alpha value is -2.96. The lowest BCUT2D eigenvalue weighted by Gasteiger charge is -2.33. The molecule has 1 aliphatic heterocycles. The molecule has 0 saturated heterocycles. The minimum Gasteiger partial charge on any atom is -0.493 e. The Kier molecular flexibility index (Phi) is 9.07. The minimum atomic E-state index is -4.29. The van der Waals surface area contributed by atoms with Crippen LogP contribution < -0.4 is 4.74 Å². The SMILES string of the molecule is CC(C)(C)CC1COc2ccc(C(F)(F)F)cc21.Cc1ccc(-c2ccc(C(C(C)(C)C)C(F)(F)F)cc2)cc1. The van der Waals surface area contributed by atoms with Crippen LogP contribution in [0.5, 0.6) is 5.75 Å². The Morgan fingerprint density at radius 2 is 1.27 bits per heavy atom. The van der Waals surface area contributed by atoms with E-state index in [-0.39, 0.29) is 11.3 Å². The monoisotopic (exact) mass is 564 g/mol. The van der Waals surface area contributed by atoms with E-state index in [9.17, 15) is 26.3 Å². The number of halogens is 6. The van der Waals surface area contributed by atoms with Gasteiger partial charge in [0.25, 0.3) is 0 Å². The minimum absolute atomic E-state index is 0.0577. The number of ether oxygens (including phenoxy) is 1. The summed E-state index contributed by atoms with van der Waals surface area (Å²) in [6.07, 6.45) is -7.71. The third-order valence-electron chi connectivity index (χ3n) is 6.90. The van der Waals surface area contributed by atoms with Crippen molar-refractivity contribution in [3.8, 4) is 16.9 Å². The van der Waals surface area contributed by atoms with Crippen molar-refractivity contribution in [1.29, 1.82) is 0 Å². The van der Waals surface area contributed by atoms with E-state index in [4.69, 9.17) is 4.74 Å². The lowest BCUT2D eigenvalue weighted by atomic mass is 9.76. The van der Waals surface area contributed by atoms with Crippen LogP contribution in [0.3, 0.4) is 0 Å². The third kappa shape index (κ3) is 8.28. The third-order valence-corrected chi connectivity index (χ3v) is 6.90. The van der Waals surface area contributed by atoms with E-state index >= 15 is 0 Å². The topological polar surface area (TPSA) is 9.23 Å². The van der Waals surface area contributed by atoms with Crippen LogP contribution in [-0.2, 0) is 6.18 Å². The van der Waals surface area contributed by atoms with E-state index in [1.807, 2.05) is 31.2 Å². The van der Waals surface area contributed by atoms with Gasteiger partial charge in [-0.05, 0) is 59.1 Å².